The summed E-state index contributed by atoms with van der Waals surface area (Å²) in [6, 6.07) is 1.96. The number of imidazole rings is 2. The lowest BCUT2D eigenvalue weighted by atomic mass is 9.94. The monoisotopic (exact) mass is 471 g/mol. The first-order valence-corrected chi connectivity index (χ1v) is 12.0. The van der Waals surface area contributed by atoms with Crippen molar-refractivity contribution in [3.63, 3.8) is 0 Å². The minimum Gasteiger partial charge on any atom is -0.444 e. The molecular weight excluding hydrogens is 446 g/mol. The van der Waals surface area contributed by atoms with Crippen LogP contribution in [0.25, 0.3) is 21.0 Å². The van der Waals surface area contributed by atoms with Gasteiger partial charge in [-0.15, -0.1) is 0 Å². The molecule has 168 valence electrons. The first-order valence-electron chi connectivity index (χ1n) is 10.8. The molecule has 0 spiro atoms. The van der Waals surface area contributed by atoms with Crippen molar-refractivity contribution >= 4 is 39.6 Å². The third-order valence-electron chi connectivity index (χ3n) is 5.65. The minimum atomic E-state index is -0.467. The number of fused-ring (bicyclic) bond motifs is 2. The molecule has 0 N–H and O–H groups in total. The molecule has 32 heavy (non-hydrogen) atoms. The second kappa shape index (κ2) is 7.78. The van der Waals surface area contributed by atoms with Crippen LogP contribution in [0.5, 0.6) is 0 Å². The van der Waals surface area contributed by atoms with E-state index in [0.29, 0.717) is 24.0 Å². The second-order valence-corrected chi connectivity index (χ2v) is 10.8. The first kappa shape index (κ1) is 21.3. The van der Waals surface area contributed by atoms with Crippen molar-refractivity contribution in [3.05, 3.63) is 47.3 Å². The van der Waals surface area contributed by atoms with Crippen LogP contribution in [0.1, 0.15) is 50.9 Å². The van der Waals surface area contributed by atoms with Crippen LogP contribution in [-0.4, -0.2) is 48.5 Å². The highest BCUT2D eigenvalue weighted by Gasteiger charge is 2.28. The van der Waals surface area contributed by atoms with Gasteiger partial charge in [-0.2, -0.15) is 0 Å². The number of thiazole rings is 1. The lowest BCUT2D eigenvalue weighted by molar-refractivity contribution is 0.0204. The van der Waals surface area contributed by atoms with Crippen LogP contribution < -0.4 is 0 Å². The van der Waals surface area contributed by atoms with Crippen LogP contribution >= 0.6 is 22.9 Å². The molecule has 9 heteroatoms. The zero-order valence-corrected chi connectivity index (χ0v) is 20.2. The van der Waals surface area contributed by atoms with Gasteiger partial charge in [0, 0.05) is 49.4 Å². The average molecular weight is 472 g/mol. The van der Waals surface area contributed by atoms with Crippen molar-refractivity contribution in [2.75, 3.05) is 13.1 Å². The number of pyridine rings is 1. The average Bonchev–Trinajstić information content (AvgIpc) is 3.39. The molecule has 5 heterocycles. The summed E-state index contributed by atoms with van der Waals surface area (Å²) in [4.78, 5) is 25.5. The summed E-state index contributed by atoms with van der Waals surface area (Å²) in [6.07, 6.45) is 9.81. The van der Waals surface area contributed by atoms with Crippen molar-refractivity contribution in [2.24, 2.45) is 0 Å². The van der Waals surface area contributed by atoms with Crippen LogP contribution in [0.4, 0.5) is 4.79 Å². The number of aryl methyl sites for hydroxylation is 1. The van der Waals surface area contributed by atoms with Crippen LogP contribution in [-0.2, 0) is 4.74 Å². The van der Waals surface area contributed by atoms with E-state index >= 15 is 0 Å². The summed E-state index contributed by atoms with van der Waals surface area (Å²) in [5, 5.41) is 0.638. The highest BCUT2D eigenvalue weighted by Crippen LogP contribution is 2.34. The summed E-state index contributed by atoms with van der Waals surface area (Å²) < 4.78 is 9.56. The molecule has 0 saturated carbocycles. The van der Waals surface area contributed by atoms with Gasteiger partial charge in [-0.3, -0.25) is 4.40 Å². The summed E-state index contributed by atoms with van der Waals surface area (Å²) in [7, 11) is 0. The number of nitrogens with zero attached hydrogens (tertiary/aromatic N) is 5. The number of carbonyl (C=O) groups is 1. The van der Waals surface area contributed by atoms with Crippen LogP contribution in [0.2, 0.25) is 5.02 Å². The van der Waals surface area contributed by atoms with Crippen molar-refractivity contribution in [2.45, 2.75) is 52.1 Å². The van der Waals surface area contributed by atoms with Gasteiger partial charge in [0.05, 0.1) is 21.3 Å². The van der Waals surface area contributed by atoms with E-state index in [1.165, 1.54) is 0 Å². The van der Waals surface area contributed by atoms with Crippen molar-refractivity contribution in [1.29, 1.82) is 0 Å². The maximum Gasteiger partial charge on any atom is 0.410 e. The van der Waals surface area contributed by atoms with Gasteiger partial charge in [-0.25, -0.2) is 14.8 Å². The maximum absolute atomic E-state index is 12.3. The standard InChI is InChI=1S/C23H26ClN5O2S/c1-14-10-28-11-16(9-17(24)20(28)25-14)19-13-29-12-18(26-21(29)32-19)15-5-7-27(8-6-15)22(30)31-23(2,3)4/h9-13,15H,5-8H2,1-4H3. The molecule has 0 atom stereocenters. The van der Waals surface area contributed by atoms with Crippen molar-refractivity contribution in [3.8, 4) is 10.4 Å². The lowest BCUT2D eigenvalue weighted by Crippen LogP contribution is -2.41. The smallest absolute Gasteiger partial charge is 0.410 e. The largest absolute Gasteiger partial charge is 0.444 e. The molecule has 4 aromatic heterocycles. The Morgan fingerprint density at radius 3 is 2.56 bits per heavy atom. The summed E-state index contributed by atoms with van der Waals surface area (Å²) in [6.45, 7) is 9.03. The molecule has 0 unspecified atom stereocenters. The molecule has 1 amide bonds. The Morgan fingerprint density at radius 1 is 1.12 bits per heavy atom. The van der Waals surface area contributed by atoms with Gasteiger partial charge in [0.2, 0.25) is 0 Å². The Balaban J connectivity index is 1.31. The molecule has 0 bridgehead atoms. The molecule has 1 aliphatic heterocycles. The normalized spacial score (nSPS) is 15.7. The van der Waals surface area contributed by atoms with E-state index in [2.05, 4.69) is 28.0 Å². The molecule has 4 aromatic rings. The number of piperidine rings is 1. The van der Waals surface area contributed by atoms with Gasteiger partial charge < -0.3 is 14.0 Å². The SMILES string of the molecule is Cc1cn2cc(-c3cn4cc(C5CCN(C(=O)OC(C)(C)C)CC5)nc4s3)cc(Cl)c2n1. The molecule has 1 aliphatic rings. The molecule has 1 saturated heterocycles. The van der Waals surface area contributed by atoms with Gasteiger partial charge in [0.15, 0.2) is 10.6 Å². The fourth-order valence-corrected chi connectivity index (χ4v) is 5.35. The van der Waals surface area contributed by atoms with Gasteiger partial charge in [0.25, 0.3) is 0 Å². The van der Waals surface area contributed by atoms with E-state index in [1.807, 2.05) is 44.4 Å². The van der Waals surface area contributed by atoms with E-state index < -0.39 is 5.60 Å². The predicted molar refractivity (Wildman–Crippen MR) is 127 cm³/mol. The van der Waals surface area contributed by atoms with E-state index in [-0.39, 0.29) is 6.09 Å². The Bertz CT molecular complexity index is 1280. The van der Waals surface area contributed by atoms with Crippen LogP contribution in [0.3, 0.4) is 0 Å². The minimum absolute atomic E-state index is 0.227. The molecule has 0 radical (unpaired) electrons. The molecule has 1 fully saturated rings. The Labute approximate surface area is 195 Å². The Hall–Kier alpha value is -2.58. The van der Waals surface area contributed by atoms with E-state index in [0.717, 1.165) is 45.3 Å². The van der Waals surface area contributed by atoms with Gasteiger partial charge >= 0.3 is 6.09 Å². The Kier molecular flexibility index (Phi) is 5.17. The van der Waals surface area contributed by atoms with Crippen LogP contribution in [0.15, 0.2) is 30.9 Å². The summed E-state index contributed by atoms with van der Waals surface area (Å²) in [5.74, 6) is 0.351. The quantitative estimate of drug-likeness (QED) is 0.371. The lowest BCUT2D eigenvalue weighted by Gasteiger charge is -2.32. The van der Waals surface area contributed by atoms with Crippen molar-refractivity contribution in [1.82, 2.24) is 23.7 Å². The maximum atomic E-state index is 12.3. The second-order valence-electron chi connectivity index (χ2n) is 9.38. The van der Waals surface area contributed by atoms with E-state index in [1.54, 1.807) is 16.2 Å². The fourth-order valence-electron chi connectivity index (χ4n) is 4.14. The number of aromatic nitrogens is 4. The first-order chi connectivity index (χ1) is 15.2. The number of amides is 1. The number of likely N-dealkylation sites (tertiary alicyclic amines) is 1. The third kappa shape index (κ3) is 4.09. The number of halogens is 1. The number of hydrogen-bond donors (Lipinski definition) is 0. The highest BCUT2D eigenvalue weighted by molar-refractivity contribution is 7.20. The number of carbonyl (C=O) groups excluding carboxylic acids is 1. The molecule has 5 rings (SSSR count). The predicted octanol–water partition coefficient (Wildman–Crippen LogP) is 5.79. The van der Waals surface area contributed by atoms with E-state index in [9.17, 15) is 4.79 Å². The molecular formula is C23H26ClN5O2S. The van der Waals surface area contributed by atoms with Gasteiger partial charge in [-0.1, -0.05) is 22.9 Å². The summed E-state index contributed by atoms with van der Waals surface area (Å²) >= 11 is 8.10. The number of ether oxygens (including phenoxy) is 1. The third-order valence-corrected chi connectivity index (χ3v) is 6.97. The fraction of sp³-hybridized carbons (Fsp3) is 0.435. The zero-order chi connectivity index (χ0) is 22.6. The van der Waals surface area contributed by atoms with Gasteiger partial charge in [-0.05, 0) is 46.6 Å². The Morgan fingerprint density at radius 2 is 1.88 bits per heavy atom. The molecule has 7 nitrogen and oxygen atoms in total. The molecule has 0 aromatic carbocycles. The highest BCUT2D eigenvalue weighted by atomic mass is 35.5. The number of rotatable bonds is 2. The van der Waals surface area contributed by atoms with E-state index in [4.69, 9.17) is 21.3 Å². The zero-order valence-electron chi connectivity index (χ0n) is 18.6. The molecule has 0 aliphatic carbocycles. The topological polar surface area (TPSA) is 64.1 Å². The number of hydrogen-bond acceptors (Lipinski definition) is 5. The van der Waals surface area contributed by atoms with Crippen LogP contribution in [0, 0.1) is 6.92 Å². The summed E-state index contributed by atoms with van der Waals surface area (Å²) in [5.41, 5.74) is 3.38. The van der Waals surface area contributed by atoms with Gasteiger partial charge in [0.1, 0.15) is 5.60 Å². The van der Waals surface area contributed by atoms with Crippen molar-refractivity contribution < 1.29 is 9.53 Å².